The third-order valence-electron chi connectivity index (χ3n) is 3.27. The van der Waals surface area contributed by atoms with Gasteiger partial charge in [-0.15, -0.1) is 0 Å². The Kier molecular flexibility index (Phi) is 2.75. The summed E-state index contributed by atoms with van der Waals surface area (Å²) in [7, 11) is 0. The van der Waals surface area contributed by atoms with E-state index < -0.39 is 5.60 Å². The minimum absolute atomic E-state index is 0.0163. The molecule has 1 saturated carbocycles. The van der Waals surface area contributed by atoms with Crippen molar-refractivity contribution in [2.45, 2.75) is 37.2 Å². The summed E-state index contributed by atoms with van der Waals surface area (Å²) in [5.41, 5.74) is -0.0687. The van der Waals surface area contributed by atoms with E-state index >= 15 is 0 Å². The highest BCUT2D eigenvalue weighted by Crippen LogP contribution is 2.40. The SMILES string of the molecule is N#C[C@]1(O)CCCC[C@H]1c1ccccc1. The second kappa shape index (κ2) is 4.04. The Labute approximate surface area is 90.2 Å². The fourth-order valence-corrected chi connectivity index (χ4v) is 2.42. The molecule has 0 aromatic heterocycles. The molecule has 1 aliphatic rings. The quantitative estimate of drug-likeness (QED) is 0.710. The lowest BCUT2D eigenvalue weighted by atomic mass is 9.73. The number of aliphatic hydroxyl groups is 1. The van der Waals surface area contributed by atoms with Crippen LogP contribution >= 0.6 is 0 Å². The van der Waals surface area contributed by atoms with Crippen LogP contribution in [0.2, 0.25) is 0 Å². The van der Waals surface area contributed by atoms with Gasteiger partial charge in [0.2, 0.25) is 0 Å². The third-order valence-corrected chi connectivity index (χ3v) is 3.27. The second-order valence-corrected chi connectivity index (χ2v) is 4.25. The number of hydrogen-bond donors (Lipinski definition) is 1. The first kappa shape index (κ1) is 10.2. The molecular formula is C13H15NO. The normalized spacial score (nSPS) is 30.8. The van der Waals surface area contributed by atoms with Crippen LogP contribution in [0.1, 0.15) is 37.2 Å². The van der Waals surface area contributed by atoms with Crippen LogP contribution < -0.4 is 0 Å². The van der Waals surface area contributed by atoms with Gasteiger partial charge in [-0.2, -0.15) is 5.26 Å². The van der Waals surface area contributed by atoms with Crippen LogP contribution in [0.5, 0.6) is 0 Å². The smallest absolute Gasteiger partial charge is 0.157 e. The van der Waals surface area contributed by atoms with Crippen molar-refractivity contribution in [1.82, 2.24) is 0 Å². The summed E-state index contributed by atoms with van der Waals surface area (Å²) in [6, 6.07) is 12.0. The van der Waals surface area contributed by atoms with Crippen LogP contribution in [0, 0.1) is 11.3 Å². The molecule has 0 unspecified atom stereocenters. The molecule has 1 aliphatic carbocycles. The molecule has 1 N–H and O–H groups in total. The van der Waals surface area contributed by atoms with Gasteiger partial charge in [-0.05, 0) is 24.8 Å². The van der Waals surface area contributed by atoms with Crippen molar-refractivity contribution in [2.75, 3.05) is 0 Å². The molecule has 0 saturated heterocycles. The summed E-state index contributed by atoms with van der Waals surface area (Å²) in [6.45, 7) is 0. The fourth-order valence-electron chi connectivity index (χ4n) is 2.42. The Hall–Kier alpha value is -1.33. The van der Waals surface area contributed by atoms with Crippen molar-refractivity contribution in [3.63, 3.8) is 0 Å². The number of nitriles is 1. The molecule has 2 atom stereocenters. The zero-order chi connectivity index (χ0) is 10.7. The highest BCUT2D eigenvalue weighted by Gasteiger charge is 2.39. The maximum atomic E-state index is 10.2. The molecule has 0 heterocycles. The number of hydrogen-bond acceptors (Lipinski definition) is 2. The Morgan fingerprint density at radius 3 is 2.67 bits per heavy atom. The summed E-state index contributed by atoms with van der Waals surface area (Å²) in [6.07, 6.45) is 3.56. The van der Waals surface area contributed by atoms with E-state index in [1.165, 1.54) is 0 Å². The molecule has 1 fully saturated rings. The third kappa shape index (κ3) is 1.88. The van der Waals surface area contributed by atoms with Gasteiger partial charge >= 0.3 is 0 Å². The highest BCUT2D eigenvalue weighted by molar-refractivity contribution is 5.27. The minimum Gasteiger partial charge on any atom is -0.375 e. The maximum Gasteiger partial charge on any atom is 0.157 e. The Morgan fingerprint density at radius 2 is 2.00 bits per heavy atom. The van der Waals surface area contributed by atoms with Crippen molar-refractivity contribution in [2.24, 2.45) is 0 Å². The lowest BCUT2D eigenvalue weighted by Gasteiger charge is -2.34. The molecule has 15 heavy (non-hydrogen) atoms. The van der Waals surface area contributed by atoms with E-state index in [2.05, 4.69) is 6.07 Å². The summed E-state index contributed by atoms with van der Waals surface area (Å²) in [5, 5.41) is 19.3. The lowest BCUT2D eigenvalue weighted by molar-refractivity contribution is 0.0361. The Morgan fingerprint density at radius 1 is 1.27 bits per heavy atom. The van der Waals surface area contributed by atoms with Crippen LogP contribution in [0.25, 0.3) is 0 Å². The topological polar surface area (TPSA) is 44.0 Å². The van der Waals surface area contributed by atoms with E-state index in [-0.39, 0.29) is 5.92 Å². The van der Waals surface area contributed by atoms with E-state index in [0.29, 0.717) is 6.42 Å². The van der Waals surface area contributed by atoms with Crippen molar-refractivity contribution in [1.29, 1.82) is 5.26 Å². The molecule has 0 aliphatic heterocycles. The van der Waals surface area contributed by atoms with Crippen molar-refractivity contribution < 1.29 is 5.11 Å². The zero-order valence-corrected chi connectivity index (χ0v) is 8.69. The summed E-state index contributed by atoms with van der Waals surface area (Å²) in [4.78, 5) is 0. The predicted octanol–water partition coefficient (Wildman–Crippen LogP) is 2.60. The zero-order valence-electron chi connectivity index (χ0n) is 8.69. The first-order chi connectivity index (χ1) is 7.26. The van der Waals surface area contributed by atoms with Crippen LogP contribution in [-0.2, 0) is 0 Å². The predicted molar refractivity (Wildman–Crippen MR) is 58.2 cm³/mol. The largest absolute Gasteiger partial charge is 0.375 e. The van der Waals surface area contributed by atoms with E-state index in [0.717, 1.165) is 24.8 Å². The van der Waals surface area contributed by atoms with Crippen molar-refractivity contribution in [3.05, 3.63) is 35.9 Å². The minimum atomic E-state index is -1.15. The Bertz CT molecular complexity index is 368. The van der Waals surface area contributed by atoms with E-state index in [4.69, 9.17) is 5.26 Å². The van der Waals surface area contributed by atoms with Gasteiger partial charge in [-0.1, -0.05) is 36.8 Å². The summed E-state index contributed by atoms with van der Waals surface area (Å²) < 4.78 is 0. The first-order valence-electron chi connectivity index (χ1n) is 5.45. The van der Waals surface area contributed by atoms with Gasteiger partial charge in [0.05, 0.1) is 6.07 Å². The molecular weight excluding hydrogens is 186 g/mol. The van der Waals surface area contributed by atoms with E-state index in [1.807, 2.05) is 30.3 Å². The molecule has 0 amide bonds. The van der Waals surface area contributed by atoms with Crippen molar-refractivity contribution >= 4 is 0 Å². The van der Waals surface area contributed by atoms with Gasteiger partial charge in [-0.3, -0.25) is 0 Å². The molecule has 0 spiro atoms. The van der Waals surface area contributed by atoms with Gasteiger partial charge in [0.15, 0.2) is 5.60 Å². The van der Waals surface area contributed by atoms with Crippen molar-refractivity contribution in [3.8, 4) is 6.07 Å². The molecule has 2 nitrogen and oxygen atoms in total. The van der Waals surface area contributed by atoms with Gasteiger partial charge in [0.1, 0.15) is 0 Å². The number of rotatable bonds is 1. The van der Waals surface area contributed by atoms with Crippen LogP contribution in [0.4, 0.5) is 0 Å². The second-order valence-electron chi connectivity index (χ2n) is 4.25. The molecule has 0 bridgehead atoms. The van der Waals surface area contributed by atoms with Gasteiger partial charge in [0, 0.05) is 5.92 Å². The monoisotopic (exact) mass is 201 g/mol. The maximum absolute atomic E-state index is 10.2. The molecule has 1 aromatic rings. The van der Waals surface area contributed by atoms with Crippen LogP contribution in [0.3, 0.4) is 0 Å². The molecule has 78 valence electrons. The standard InChI is InChI=1S/C13H15NO/c14-10-13(15)9-5-4-8-12(13)11-6-2-1-3-7-11/h1-3,6-7,12,15H,4-5,8-9H2/t12-,13+/m0/s1. The first-order valence-corrected chi connectivity index (χ1v) is 5.45. The average molecular weight is 201 g/mol. The molecule has 0 radical (unpaired) electrons. The average Bonchev–Trinajstić information content (AvgIpc) is 2.31. The highest BCUT2D eigenvalue weighted by atomic mass is 16.3. The van der Waals surface area contributed by atoms with E-state index in [1.54, 1.807) is 0 Å². The molecule has 2 heteroatoms. The molecule has 1 aromatic carbocycles. The van der Waals surface area contributed by atoms with Crippen LogP contribution in [-0.4, -0.2) is 10.7 Å². The number of nitrogens with zero attached hydrogens (tertiary/aromatic N) is 1. The van der Waals surface area contributed by atoms with Gasteiger partial charge < -0.3 is 5.11 Å². The van der Waals surface area contributed by atoms with Gasteiger partial charge in [0.25, 0.3) is 0 Å². The van der Waals surface area contributed by atoms with Crippen LogP contribution in [0.15, 0.2) is 30.3 Å². The number of benzene rings is 1. The van der Waals surface area contributed by atoms with E-state index in [9.17, 15) is 5.11 Å². The van der Waals surface area contributed by atoms with Gasteiger partial charge in [-0.25, -0.2) is 0 Å². The lowest BCUT2D eigenvalue weighted by Crippen LogP contribution is -2.37. The summed E-state index contributed by atoms with van der Waals surface area (Å²) in [5.74, 6) is -0.0163. The fraction of sp³-hybridized carbons (Fsp3) is 0.462. The summed E-state index contributed by atoms with van der Waals surface area (Å²) >= 11 is 0. The Balaban J connectivity index is 2.31. The molecule has 2 rings (SSSR count).